The quantitative estimate of drug-likeness (QED) is 0.598. The molecule has 0 aliphatic carbocycles. The average molecular weight is 140 g/mol. The van der Waals surface area contributed by atoms with Gasteiger partial charge < -0.3 is 5.32 Å². The van der Waals surface area contributed by atoms with E-state index in [-0.39, 0.29) is 0 Å². The Morgan fingerprint density at radius 2 is 2.00 bits per heavy atom. The van der Waals surface area contributed by atoms with E-state index in [0.29, 0.717) is 5.82 Å². The minimum Gasteiger partial charge on any atom is -0.348 e. The van der Waals surface area contributed by atoms with Gasteiger partial charge in [0.1, 0.15) is 5.82 Å². The van der Waals surface area contributed by atoms with Crippen molar-refractivity contribution in [3.05, 3.63) is 25.2 Å². The van der Waals surface area contributed by atoms with Crippen molar-refractivity contribution < 1.29 is 0 Å². The Labute approximate surface area is 63.4 Å². The number of nitrogens with one attached hydrogen (secondary N) is 1. The van der Waals surface area contributed by atoms with Gasteiger partial charge >= 0.3 is 0 Å². The molecule has 0 spiro atoms. The Morgan fingerprint density at radius 1 is 1.50 bits per heavy atom. The molecule has 2 heteroatoms. The van der Waals surface area contributed by atoms with Crippen molar-refractivity contribution in [1.82, 2.24) is 5.32 Å². The molecule has 0 heterocycles. The van der Waals surface area contributed by atoms with E-state index in [0.717, 1.165) is 0 Å². The smallest absolute Gasteiger partial charge is 0.122 e. The zero-order chi connectivity index (χ0) is 8.41. The molecule has 0 unspecified atom stereocenters. The standard InChI is InChI=1S/C6H10N2.C2H6/c1-4-7-6(3)8-5-2;1-2/h4-5,7H,1,3H2,2H3;1-2H3/b8-5-;. The molecule has 0 saturated carbocycles. The molecule has 0 aliphatic heterocycles. The predicted octanol–water partition coefficient (Wildman–Crippen LogP) is 2.31. The van der Waals surface area contributed by atoms with Crippen LogP contribution < -0.4 is 5.32 Å². The molecule has 0 amide bonds. The van der Waals surface area contributed by atoms with Crippen LogP contribution in [0.15, 0.2) is 30.2 Å². The van der Waals surface area contributed by atoms with Gasteiger partial charge in [0.25, 0.3) is 0 Å². The number of aliphatic imine (C=N–C) groups is 1. The monoisotopic (exact) mass is 140 g/mol. The van der Waals surface area contributed by atoms with E-state index in [9.17, 15) is 0 Å². The zero-order valence-electron chi connectivity index (χ0n) is 7.02. The molecule has 58 valence electrons. The highest BCUT2D eigenvalue weighted by Gasteiger charge is 1.75. The topological polar surface area (TPSA) is 24.4 Å². The molecule has 0 aliphatic rings. The number of hydrogen-bond donors (Lipinski definition) is 1. The highest BCUT2D eigenvalue weighted by atomic mass is 15.0. The van der Waals surface area contributed by atoms with Crippen molar-refractivity contribution in [2.75, 3.05) is 0 Å². The Morgan fingerprint density at radius 3 is 2.30 bits per heavy atom. The molecule has 0 aromatic heterocycles. The zero-order valence-corrected chi connectivity index (χ0v) is 7.02. The summed E-state index contributed by atoms with van der Waals surface area (Å²) in [5, 5.41) is 2.72. The SMILES string of the molecule is C=CNC(=C)/N=C\C.CC. The van der Waals surface area contributed by atoms with Crippen LogP contribution in [0, 0.1) is 0 Å². The molecule has 0 aromatic rings. The molecule has 0 atom stereocenters. The van der Waals surface area contributed by atoms with E-state index in [1.54, 1.807) is 6.21 Å². The summed E-state index contributed by atoms with van der Waals surface area (Å²) in [4.78, 5) is 3.81. The summed E-state index contributed by atoms with van der Waals surface area (Å²) in [5.41, 5.74) is 0. The van der Waals surface area contributed by atoms with Gasteiger partial charge in [-0.2, -0.15) is 0 Å². The minimum absolute atomic E-state index is 0.613. The Kier molecular flexibility index (Phi) is 12.7. The van der Waals surface area contributed by atoms with Crippen LogP contribution in [0.5, 0.6) is 0 Å². The number of hydrogen-bond acceptors (Lipinski definition) is 2. The first-order valence-corrected chi connectivity index (χ1v) is 3.36. The van der Waals surface area contributed by atoms with Gasteiger partial charge in [-0.05, 0) is 13.1 Å². The van der Waals surface area contributed by atoms with E-state index in [1.165, 1.54) is 6.20 Å². The van der Waals surface area contributed by atoms with E-state index in [1.807, 2.05) is 20.8 Å². The van der Waals surface area contributed by atoms with Crippen molar-refractivity contribution in [3.8, 4) is 0 Å². The fourth-order valence-electron chi connectivity index (χ4n) is 0.311. The fourth-order valence-corrected chi connectivity index (χ4v) is 0.311. The Bertz CT molecular complexity index is 114. The first kappa shape index (κ1) is 11.7. The van der Waals surface area contributed by atoms with Gasteiger partial charge in [-0.3, -0.25) is 0 Å². The maximum atomic E-state index is 3.81. The normalized spacial score (nSPS) is 7.90. The second-order valence-corrected chi connectivity index (χ2v) is 1.18. The van der Waals surface area contributed by atoms with E-state index in [4.69, 9.17) is 0 Å². The molecular formula is C8H16N2. The van der Waals surface area contributed by atoms with Crippen LogP contribution in [0.3, 0.4) is 0 Å². The van der Waals surface area contributed by atoms with Crippen LogP contribution in [-0.2, 0) is 0 Å². The summed E-state index contributed by atoms with van der Waals surface area (Å²) < 4.78 is 0. The lowest BCUT2D eigenvalue weighted by Gasteiger charge is -1.93. The molecule has 0 bridgehead atoms. The average Bonchev–Trinajstić information content (AvgIpc) is 1.93. The third kappa shape index (κ3) is 10.0. The van der Waals surface area contributed by atoms with Gasteiger partial charge in [0, 0.05) is 6.21 Å². The van der Waals surface area contributed by atoms with Crippen LogP contribution in [-0.4, -0.2) is 6.21 Å². The Hall–Kier alpha value is -1.05. The van der Waals surface area contributed by atoms with Crippen molar-refractivity contribution >= 4 is 6.21 Å². The molecular weight excluding hydrogens is 124 g/mol. The highest BCUT2D eigenvalue weighted by Crippen LogP contribution is 1.81. The third-order valence-electron chi connectivity index (χ3n) is 0.554. The highest BCUT2D eigenvalue weighted by molar-refractivity contribution is 5.54. The number of nitrogens with zero attached hydrogens (tertiary/aromatic N) is 1. The summed E-state index contributed by atoms with van der Waals surface area (Å²) >= 11 is 0. The van der Waals surface area contributed by atoms with Gasteiger partial charge in [0.05, 0.1) is 0 Å². The molecule has 0 radical (unpaired) electrons. The number of rotatable bonds is 3. The summed E-state index contributed by atoms with van der Waals surface area (Å²) in [7, 11) is 0. The van der Waals surface area contributed by atoms with Crippen molar-refractivity contribution in [2.45, 2.75) is 20.8 Å². The summed E-state index contributed by atoms with van der Waals surface area (Å²) in [5.74, 6) is 0.613. The van der Waals surface area contributed by atoms with E-state index < -0.39 is 0 Å². The van der Waals surface area contributed by atoms with Gasteiger partial charge in [0.2, 0.25) is 0 Å². The maximum absolute atomic E-state index is 3.81. The first-order chi connectivity index (χ1) is 4.81. The van der Waals surface area contributed by atoms with Crippen LogP contribution >= 0.6 is 0 Å². The summed E-state index contributed by atoms with van der Waals surface area (Å²) in [6.07, 6.45) is 3.20. The van der Waals surface area contributed by atoms with Gasteiger partial charge in [-0.1, -0.05) is 27.0 Å². The molecule has 0 saturated heterocycles. The first-order valence-electron chi connectivity index (χ1n) is 3.36. The second kappa shape index (κ2) is 10.8. The maximum Gasteiger partial charge on any atom is 0.122 e. The van der Waals surface area contributed by atoms with Gasteiger partial charge in [-0.25, -0.2) is 4.99 Å². The minimum atomic E-state index is 0.613. The van der Waals surface area contributed by atoms with Crippen molar-refractivity contribution in [3.63, 3.8) is 0 Å². The van der Waals surface area contributed by atoms with Crippen LogP contribution in [0.1, 0.15) is 20.8 Å². The van der Waals surface area contributed by atoms with Gasteiger partial charge in [0.15, 0.2) is 0 Å². The van der Waals surface area contributed by atoms with Crippen molar-refractivity contribution in [2.24, 2.45) is 4.99 Å². The predicted molar refractivity (Wildman–Crippen MR) is 48.0 cm³/mol. The molecule has 10 heavy (non-hydrogen) atoms. The summed E-state index contributed by atoms with van der Waals surface area (Å²) in [6, 6.07) is 0. The van der Waals surface area contributed by atoms with Crippen LogP contribution in [0.4, 0.5) is 0 Å². The molecule has 0 rings (SSSR count). The fraction of sp³-hybridized carbons (Fsp3) is 0.375. The lowest BCUT2D eigenvalue weighted by Crippen LogP contribution is -1.98. The largest absolute Gasteiger partial charge is 0.348 e. The molecule has 0 fully saturated rings. The van der Waals surface area contributed by atoms with Crippen LogP contribution in [0.2, 0.25) is 0 Å². The Balaban J connectivity index is 0. The van der Waals surface area contributed by atoms with E-state index in [2.05, 4.69) is 23.5 Å². The molecule has 1 N–H and O–H groups in total. The summed E-state index contributed by atoms with van der Waals surface area (Å²) in [6.45, 7) is 12.8. The van der Waals surface area contributed by atoms with Crippen molar-refractivity contribution in [1.29, 1.82) is 0 Å². The van der Waals surface area contributed by atoms with Gasteiger partial charge in [-0.15, -0.1) is 0 Å². The molecule has 2 nitrogen and oxygen atoms in total. The lowest BCUT2D eigenvalue weighted by molar-refractivity contribution is 1.05. The second-order valence-electron chi connectivity index (χ2n) is 1.18. The van der Waals surface area contributed by atoms with Crippen LogP contribution in [0.25, 0.3) is 0 Å². The molecule has 0 aromatic carbocycles. The van der Waals surface area contributed by atoms with E-state index >= 15 is 0 Å². The lowest BCUT2D eigenvalue weighted by atomic mass is 10.7. The third-order valence-corrected chi connectivity index (χ3v) is 0.554.